The van der Waals surface area contributed by atoms with E-state index in [0.717, 1.165) is 6.42 Å². The topological polar surface area (TPSA) is 108 Å². The molecule has 1 aromatic carbocycles. The third kappa shape index (κ3) is 5.54. The zero-order valence-electron chi connectivity index (χ0n) is 15.8. The summed E-state index contributed by atoms with van der Waals surface area (Å²) >= 11 is 0. The molecule has 1 aromatic heterocycles. The summed E-state index contributed by atoms with van der Waals surface area (Å²) in [5, 5.41) is 20.9. The van der Waals surface area contributed by atoms with Gasteiger partial charge in [-0.15, -0.1) is 5.10 Å². The molecule has 1 aliphatic rings. The van der Waals surface area contributed by atoms with Crippen molar-refractivity contribution in [3.63, 3.8) is 0 Å². The lowest BCUT2D eigenvalue weighted by Gasteiger charge is -2.31. The Labute approximate surface area is 157 Å². The van der Waals surface area contributed by atoms with E-state index in [4.69, 9.17) is 14.3 Å². The van der Waals surface area contributed by atoms with E-state index in [1.807, 2.05) is 45.0 Å². The van der Waals surface area contributed by atoms with E-state index in [1.54, 1.807) is 0 Å². The van der Waals surface area contributed by atoms with Crippen molar-refractivity contribution in [2.24, 2.45) is 0 Å². The van der Waals surface area contributed by atoms with Gasteiger partial charge in [-0.1, -0.05) is 17.0 Å². The highest BCUT2D eigenvalue weighted by atomic mass is 16.7. The SMILES string of the molecule is CC(C)(C)OC(=O)N[C@@H]1CC[C@@H](CC(O)On2nnc3ccccc32)OC1. The Morgan fingerprint density at radius 2 is 2.19 bits per heavy atom. The van der Waals surface area contributed by atoms with E-state index in [-0.39, 0.29) is 12.1 Å². The lowest BCUT2D eigenvalue weighted by Crippen LogP contribution is -2.45. The number of carbonyl (C=O) groups excluding carboxylic acids is 1. The van der Waals surface area contributed by atoms with Gasteiger partial charge in [0, 0.05) is 6.42 Å². The van der Waals surface area contributed by atoms with Crippen molar-refractivity contribution < 1.29 is 24.2 Å². The number of nitrogens with one attached hydrogen (secondary N) is 1. The van der Waals surface area contributed by atoms with Crippen LogP contribution >= 0.6 is 0 Å². The first kappa shape index (κ1) is 19.4. The van der Waals surface area contributed by atoms with Gasteiger partial charge >= 0.3 is 6.09 Å². The molecule has 2 N–H and O–H groups in total. The van der Waals surface area contributed by atoms with E-state index >= 15 is 0 Å². The molecule has 148 valence electrons. The Hall–Kier alpha value is -2.39. The van der Waals surface area contributed by atoms with Gasteiger partial charge in [0.25, 0.3) is 0 Å². The Kier molecular flexibility index (Phi) is 5.81. The zero-order valence-corrected chi connectivity index (χ0v) is 15.8. The lowest BCUT2D eigenvalue weighted by atomic mass is 10.0. The van der Waals surface area contributed by atoms with Crippen LogP contribution in [0.1, 0.15) is 40.0 Å². The Morgan fingerprint density at radius 1 is 1.41 bits per heavy atom. The first-order valence-electron chi connectivity index (χ1n) is 9.07. The predicted octanol–water partition coefficient (Wildman–Crippen LogP) is 1.64. The first-order valence-corrected chi connectivity index (χ1v) is 9.07. The molecule has 0 aliphatic carbocycles. The first-order chi connectivity index (χ1) is 12.8. The zero-order chi connectivity index (χ0) is 19.4. The standard InChI is InChI=1S/C18H26N4O5/c1-18(2,3)26-17(24)19-12-8-9-13(25-11-12)10-16(23)27-22-15-7-5-4-6-14(15)20-21-22/h4-7,12-13,16,23H,8-11H2,1-3H3,(H,19,24)/t12-,13+,16?/m1/s1. The fraction of sp³-hybridized carbons (Fsp3) is 0.611. The summed E-state index contributed by atoms with van der Waals surface area (Å²) in [6.45, 7) is 5.82. The molecule has 3 rings (SSSR count). The van der Waals surface area contributed by atoms with Gasteiger partial charge in [-0.25, -0.2) is 4.79 Å². The number of aliphatic hydroxyl groups excluding tert-OH is 1. The molecule has 0 bridgehead atoms. The molecule has 2 heterocycles. The highest BCUT2D eigenvalue weighted by Gasteiger charge is 2.27. The summed E-state index contributed by atoms with van der Waals surface area (Å²) in [6.07, 6.45) is 0.0489. The van der Waals surface area contributed by atoms with Gasteiger partial charge in [0.1, 0.15) is 16.6 Å². The van der Waals surface area contributed by atoms with E-state index < -0.39 is 18.0 Å². The molecule has 27 heavy (non-hydrogen) atoms. The quantitative estimate of drug-likeness (QED) is 0.762. The molecule has 0 spiro atoms. The second kappa shape index (κ2) is 8.10. The van der Waals surface area contributed by atoms with Gasteiger partial charge in [0.2, 0.25) is 6.29 Å². The lowest BCUT2D eigenvalue weighted by molar-refractivity contribution is -0.143. The molecule has 9 heteroatoms. The van der Waals surface area contributed by atoms with Crippen molar-refractivity contribution >= 4 is 17.1 Å². The summed E-state index contributed by atoms with van der Waals surface area (Å²) in [5.41, 5.74) is 0.840. The average Bonchev–Trinajstić information content (AvgIpc) is 2.98. The number of hydrogen-bond donors (Lipinski definition) is 2. The van der Waals surface area contributed by atoms with Gasteiger partial charge in [-0.3, -0.25) is 0 Å². The van der Waals surface area contributed by atoms with E-state index in [2.05, 4.69) is 15.6 Å². The number of carbonyl (C=O) groups is 1. The van der Waals surface area contributed by atoms with Crippen LogP contribution in [-0.2, 0) is 9.47 Å². The number of fused-ring (bicyclic) bond motifs is 1. The number of alkyl carbamates (subject to hydrolysis) is 1. The summed E-state index contributed by atoms with van der Waals surface area (Å²) in [7, 11) is 0. The summed E-state index contributed by atoms with van der Waals surface area (Å²) in [6, 6.07) is 7.23. The molecule has 9 nitrogen and oxygen atoms in total. The number of aromatic nitrogens is 3. The van der Waals surface area contributed by atoms with Crippen LogP contribution in [0.3, 0.4) is 0 Å². The fourth-order valence-electron chi connectivity index (χ4n) is 2.89. The van der Waals surface area contributed by atoms with Crippen molar-refractivity contribution in [2.75, 3.05) is 6.61 Å². The molecule has 0 saturated carbocycles. The maximum absolute atomic E-state index is 11.8. The molecule has 1 unspecified atom stereocenters. The monoisotopic (exact) mass is 378 g/mol. The average molecular weight is 378 g/mol. The number of benzene rings is 1. The van der Waals surface area contributed by atoms with Crippen molar-refractivity contribution in [3.05, 3.63) is 24.3 Å². The third-order valence-corrected chi connectivity index (χ3v) is 4.10. The molecule has 1 aliphatic heterocycles. The second-order valence-corrected chi connectivity index (χ2v) is 7.62. The molecule has 3 atom stereocenters. The van der Waals surface area contributed by atoms with Crippen LogP contribution < -0.4 is 10.2 Å². The number of rotatable bonds is 5. The highest BCUT2D eigenvalue weighted by Crippen LogP contribution is 2.19. The molecule has 1 saturated heterocycles. The molecular formula is C18H26N4O5. The molecular weight excluding hydrogens is 352 g/mol. The van der Waals surface area contributed by atoms with Crippen molar-refractivity contribution in [1.29, 1.82) is 0 Å². The fourth-order valence-corrected chi connectivity index (χ4v) is 2.89. The Balaban J connectivity index is 1.43. The van der Waals surface area contributed by atoms with Gasteiger partial charge in [0.05, 0.1) is 18.8 Å². The van der Waals surface area contributed by atoms with Gasteiger partial charge in [-0.05, 0) is 51.0 Å². The molecule has 2 aromatic rings. The summed E-state index contributed by atoms with van der Waals surface area (Å²) in [4.78, 5) is 18.5. The van der Waals surface area contributed by atoms with E-state index in [1.165, 1.54) is 4.85 Å². The van der Waals surface area contributed by atoms with Gasteiger partial charge in [0.15, 0.2) is 0 Å². The molecule has 1 amide bonds. The minimum atomic E-state index is -1.07. The highest BCUT2D eigenvalue weighted by molar-refractivity contribution is 5.73. The van der Waals surface area contributed by atoms with Crippen LogP contribution in [0.2, 0.25) is 0 Å². The maximum atomic E-state index is 11.8. The number of hydrogen-bond acceptors (Lipinski definition) is 7. The number of aliphatic hydroxyl groups is 1. The number of nitrogens with zero attached hydrogens (tertiary/aromatic N) is 3. The predicted molar refractivity (Wildman–Crippen MR) is 96.9 cm³/mol. The largest absolute Gasteiger partial charge is 0.444 e. The minimum absolute atomic E-state index is 0.103. The Morgan fingerprint density at radius 3 is 2.89 bits per heavy atom. The van der Waals surface area contributed by atoms with Crippen LogP contribution in [0.4, 0.5) is 4.79 Å². The molecule has 1 fully saturated rings. The van der Waals surface area contributed by atoms with Gasteiger partial charge < -0.3 is 24.7 Å². The van der Waals surface area contributed by atoms with Crippen LogP contribution in [0.25, 0.3) is 11.0 Å². The van der Waals surface area contributed by atoms with Crippen molar-refractivity contribution in [2.45, 2.75) is 64.1 Å². The summed E-state index contributed by atoms with van der Waals surface area (Å²) < 4.78 is 11.0. The minimum Gasteiger partial charge on any atom is -0.444 e. The third-order valence-electron chi connectivity index (χ3n) is 4.10. The number of ether oxygens (including phenoxy) is 2. The number of para-hydroxylation sites is 1. The summed E-state index contributed by atoms with van der Waals surface area (Å²) in [5.74, 6) is 0. The van der Waals surface area contributed by atoms with Crippen molar-refractivity contribution in [1.82, 2.24) is 20.5 Å². The molecule has 0 radical (unpaired) electrons. The smallest absolute Gasteiger partial charge is 0.407 e. The van der Waals surface area contributed by atoms with Crippen molar-refractivity contribution in [3.8, 4) is 0 Å². The van der Waals surface area contributed by atoms with Crippen LogP contribution in [-0.4, -0.2) is 57.0 Å². The normalized spacial score (nSPS) is 21.6. The Bertz CT molecular complexity index is 764. The van der Waals surface area contributed by atoms with Crippen LogP contribution in [0.15, 0.2) is 24.3 Å². The second-order valence-electron chi connectivity index (χ2n) is 7.62. The van der Waals surface area contributed by atoms with E-state index in [0.29, 0.717) is 30.5 Å². The van der Waals surface area contributed by atoms with Crippen LogP contribution in [0.5, 0.6) is 0 Å². The number of amides is 1. The van der Waals surface area contributed by atoms with Gasteiger partial charge in [-0.2, -0.15) is 0 Å². The van der Waals surface area contributed by atoms with Crippen LogP contribution in [0, 0.1) is 0 Å². The maximum Gasteiger partial charge on any atom is 0.407 e. The van der Waals surface area contributed by atoms with E-state index in [9.17, 15) is 9.90 Å².